The summed E-state index contributed by atoms with van der Waals surface area (Å²) in [6.07, 6.45) is -0.474. The Kier molecular flexibility index (Phi) is 4.31. The molecule has 0 aromatic heterocycles. The Morgan fingerprint density at radius 3 is 2.43 bits per heavy atom. The van der Waals surface area contributed by atoms with Crippen LogP contribution in [0, 0.1) is 0 Å². The average Bonchev–Trinajstić information content (AvgIpc) is 2.20. The summed E-state index contributed by atoms with van der Waals surface area (Å²) in [5.41, 5.74) is 5.44. The topological polar surface area (TPSA) is 58.8 Å². The first-order valence-electron chi connectivity index (χ1n) is 4.89. The highest BCUT2D eigenvalue weighted by atomic mass is 16.5. The molecule has 1 fully saturated rings. The quantitative estimate of drug-likeness (QED) is 0.619. The number of hydrogen-bond acceptors (Lipinski definition) is 4. The maximum Gasteiger partial charge on any atom is 0.253 e. The van der Waals surface area contributed by atoms with Gasteiger partial charge < -0.3 is 20.3 Å². The predicted molar refractivity (Wildman–Crippen MR) is 53.9 cm³/mol. The van der Waals surface area contributed by atoms with Gasteiger partial charge in [-0.05, 0) is 7.05 Å². The van der Waals surface area contributed by atoms with Gasteiger partial charge in [0.1, 0.15) is 6.10 Å². The molecule has 1 atom stereocenters. The molecule has 1 heterocycles. The molecular formula is C9H19N3O2. The van der Waals surface area contributed by atoms with Crippen molar-refractivity contribution >= 4 is 5.91 Å². The highest BCUT2D eigenvalue weighted by molar-refractivity contribution is 5.81. The van der Waals surface area contributed by atoms with E-state index in [9.17, 15) is 4.79 Å². The zero-order valence-corrected chi connectivity index (χ0v) is 8.90. The zero-order valence-electron chi connectivity index (χ0n) is 8.90. The fourth-order valence-corrected chi connectivity index (χ4v) is 1.53. The maximum absolute atomic E-state index is 11.8. The van der Waals surface area contributed by atoms with Gasteiger partial charge in [0.05, 0.1) is 0 Å². The summed E-state index contributed by atoms with van der Waals surface area (Å²) in [5, 5.41) is 0. The number of nitrogens with zero attached hydrogens (tertiary/aromatic N) is 2. The molecule has 5 heteroatoms. The molecule has 2 N–H and O–H groups in total. The number of carbonyl (C=O) groups excluding carboxylic acids is 1. The average molecular weight is 201 g/mol. The van der Waals surface area contributed by atoms with E-state index in [1.165, 1.54) is 7.11 Å². The van der Waals surface area contributed by atoms with Crippen molar-refractivity contribution in [1.29, 1.82) is 0 Å². The molecule has 0 bridgehead atoms. The van der Waals surface area contributed by atoms with Crippen LogP contribution in [0.2, 0.25) is 0 Å². The number of rotatable bonds is 3. The molecule has 1 saturated heterocycles. The molecule has 14 heavy (non-hydrogen) atoms. The van der Waals surface area contributed by atoms with Crippen LogP contribution in [0.3, 0.4) is 0 Å². The summed E-state index contributed by atoms with van der Waals surface area (Å²) in [4.78, 5) is 15.8. The summed E-state index contributed by atoms with van der Waals surface area (Å²) in [6.45, 7) is 3.64. The van der Waals surface area contributed by atoms with E-state index in [2.05, 4.69) is 11.9 Å². The zero-order chi connectivity index (χ0) is 10.6. The van der Waals surface area contributed by atoms with Gasteiger partial charge in [0, 0.05) is 39.8 Å². The standard InChI is InChI=1S/C9H19N3O2/c1-11-3-5-12(6-4-11)9(13)8(7-10)14-2/h8H,3-7,10H2,1-2H3. The molecule has 0 aliphatic carbocycles. The van der Waals surface area contributed by atoms with Crippen LogP contribution < -0.4 is 5.73 Å². The van der Waals surface area contributed by atoms with Crippen LogP contribution in [0.1, 0.15) is 0 Å². The number of carbonyl (C=O) groups is 1. The van der Waals surface area contributed by atoms with E-state index < -0.39 is 6.10 Å². The van der Waals surface area contributed by atoms with Crippen LogP contribution in [0.25, 0.3) is 0 Å². The molecule has 1 unspecified atom stereocenters. The third-order valence-corrected chi connectivity index (χ3v) is 2.59. The molecule has 0 spiro atoms. The molecule has 1 amide bonds. The highest BCUT2D eigenvalue weighted by Gasteiger charge is 2.25. The first-order valence-corrected chi connectivity index (χ1v) is 4.89. The monoisotopic (exact) mass is 201 g/mol. The first kappa shape index (κ1) is 11.4. The second-order valence-corrected chi connectivity index (χ2v) is 3.59. The number of nitrogens with two attached hydrogens (primary N) is 1. The van der Waals surface area contributed by atoms with Crippen LogP contribution in [0.5, 0.6) is 0 Å². The van der Waals surface area contributed by atoms with Crippen LogP contribution >= 0.6 is 0 Å². The third kappa shape index (κ3) is 2.67. The Labute approximate surface area is 84.8 Å². The van der Waals surface area contributed by atoms with Crippen molar-refractivity contribution in [2.24, 2.45) is 5.73 Å². The van der Waals surface area contributed by atoms with Crippen molar-refractivity contribution in [2.75, 3.05) is 46.9 Å². The molecule has 1 aliphatic rings. The summed E-state index contributed by atoms with van der Waals surface area (Å²) >= 11 is 0. The van der Waals surface area contributed by atoms with Gasteiger partial charge in [0.25, 0.3) is 5.91 Å². The lowest BCUT2D eigenvalue weighted by molar-refractivity contribution is -0.142. The Balaban J connectivity index is 2.44. The number of piperazine rings is 1. The van der Waals surface area contributed by atoms with E-state index in [-0.39, 0.29) is 12.5 Å². The van der Waals surface area contributed by atoms with Gasteiger partial charge in [-0.1, -0.05) is 0 Å². The van der Waals surface area contributed by atoms with Crippen LogP contribution in [0.15, 0.2) is 0 Å². The van der Waals surface area contributed by atoms with Crippen molar-refractivity contribution < 1.29 is 9.53 Å². The van der Waals surface area contributed by atoms with E-state index >= 15 is 0 Å². The summed E-state index contributed by atoms with van der Waals surface area (Å²) in [7, 11) is 3.57. The molecule has 82 valence electrons. The van der Waals surface area contributed by atoms with Crippen molar-refractivity contribution in [3.63, 3.8) is 0 Å². The Morgan fingerprint density at radius 2 is 2.00 bits per heavy atom. The fourth-order valence-electron chi connectivity index (χ4n) is 1.53. The van der Waals surface area contributed by atoms with Crippen molar-refractivity contribution in [1.82, 2.24) is 9.80 Å². The van der Waals surface area contributed by atoms with E-state index in [4.69, 9.17) is 10.5 Å². The summed E-state index contributed by atoms with van der Waals surface area (Å²) in [5.74, 6) is 0.0168. The largest absolute Gasteiger partial charge is 0.370 e. The Hall–Kier alpha value is -0.650. The summed E-state index contributed by atoms with van der Waals surface area (Å²) in [6, 6.07) is 0. The normalized spacial score (nSPS) is 20.9. The predicted octanol–water partition coefficient (Wildman–Crippen LogP) is -1.27. The fraction of sp³-hybridized carbons (Fsp3) is 0.889. The molecule has 1 aliphatic heterocycles. The highest BCUT2D eigenvalue weighted by Crippen LogP contribution is 2.03. The molecule has 0 radical (unpaired) electrons. The number of methoxy groups -OCH3 is 1. The Morgan fingerprint density at radius 1 is 1.43 bits per heavy atom. The molecule has 0 aromatic rings. The molecule has 1 rings (SSSR count). The second kappa shape index (κ2) is 5.29. The van der Waals surface area contributed by atoms with E-state index in [1.54, 1.807) is 0 Å². The second-order valence-electron chi connectivity index (χ2n) is 3.59. The molecule has 0 saturated carbocycles. The first-order chi connectivity index (χ1) is 6.69. The summed E-state index contributed by atoms with van der Waals surface area (Å²) < 4.78 is 5.01. The lowest BCUT2D eigenvalue weighted by Crippen LogP contribution is -2.52. The number of amides is 1. The minimum atomic E-state index is -0.474. The lowest BCUT2D eigenvalue weighted by atomic mass is 10.2. The minimum absolute atomic E-state index is 0.0168. The number of hydrogen-bond donors (Lipinski definition) is 1. The minimum Gasteiger partial charge on any atom is -0.370 e. The molecule has 5 nitrogen and oxygen atoms in total. The van der Waals surface area contributed by atoms with Crippen LogP contribution in [0.4, 0.5) is 0 Å². The van der Waals surface area contributed by atoms with Gasteiger partial charge in [-0.15, -0.1) is 0 Å². The third-order valence-electron chi connectivity index (χ3n) is 2.59. The van der Waals surface area contributed by atoms with Gasteiger partial charge in [-0.2, -0.15) is 0 Å². The van der Waals surface area contributed by atoms with Crippen LogP contribution in [-0.2, 0) is 9.53 Å². The van der Waals surface area contributed by atoms with Crippen LogP contribution in [-0.4, -0.2) is 68.7 Å². The van der Waals surface area contributed by atoms with E-state index in [0.29, 0.717) is 0 Å². The van der Waals surface area contributed by atoms with Gasteiger partial charge in [-0.3, -0.25) is 4.79 Å². The lowest BCUT2D eigenvalue weighted by Gasteiger charge is -2.34. The van der Waals surface area contributed by atoms with Gasteiger partial charge in [0.2, 0.25) is 0 Å². The van der Waals surface area contributed by atoms with E-state index in [0.717, 1.165) is 26.2 Å². The molecular weight excluding hydrogens is 182 g/mol. The van der Waals surface area contributed by atoms with E-state index in [1.807, 2.05) is 4.90 Å². The number of likely N-dealkylation sites (N-methyl/N-ethyl adjacent to an activating group) is 1. The van der Waals surface area contributed by atoms with Gasteiger partial charge in [0.15, 0.2) is 0 Å². The SMILES string of the molecule is COC(CN)C(=O)N1CCN(C)CC1. The van der Waals surface area contributed by atoms with Gasteiger partial charge >= 0.3 is 0 Å². The smallest absolute Gasteiger partial charge is 0.253 e. The van der Waals surface area contributed by atoms with Gasteiger partial charge in [-0.25, -0.2) is 0 Å². The Bertz CT molecular complexity index is 186. The van der Waals surface area contributed by atoms with Crippen molar-refractivity contribution in [3.8, 4) is 0 Å². The maximum atomic E-state index is 11.8. The van der Waals surface area contributed by atoms with Crippen molar-refractivity contribution in [2.45, 2.75) is 6.10 Å². The van der Waals surface area contributed by atoms with Crippen molar-refractivity contribution in [3.05, 3.63) is 0 Å². The molecule has 0 aromatic carbocycles. The number of ether oxygens (including phenoxy) is 1.